The summed E-state index contributed by atoms with van der Waals surface area (Å²) in [6.07, 6.45) is 14.0. The molecule has 0 spiro atoms. The molecule has 2 N–H and O–H groups in total. The summed E-state index contributed by atoms with van der Waals surface area (Å²) in [6, 6.07) is 17.8. The number of rotatable bonds is 18. The molecule has 1 atom stereocenters. The molecule has 1 amide bonds. The second-order valence-electron chi connectivity index (χ2n) is 24.7. The molecule has 0 saturated heterocycles. The molecule has 15 nitrogen and oxygen atoms in total. The Morgan fingerprint density at radius 3 is 1.68 bits per heavy atom. The molecule has 5 aliphatic carbocycles. The molecule has 3 heterocycles. The molecule has 6 aliphatic rings. The number of Topliss-reactive ketones (excluding diaryl/α,β-unsaturated/α-hetero) is 1. The van der Waals surface area contributed by atoms with E-state index in [2.05, 4.69) is 78.2 Å². The Bertz CT molecular complexity index is 3390. The quantitative estimate of drug-likeness (QED) is 0.0615. The van der Waals surface area contributed by atoms with E-state index in [0.29, 0.717) is 43.0 Å². The predicted molar refractivity (Wildman–Crippen MR) is 311 cm³/mol. The maximum absolute atomic E-state index is 13.8. The third kappa shape index (κ3) is 11.5. The van der Waals surface area contributed by atoms with E-state index >= 15 is 0 Å². The molecule has 0 bridgehead atoms. The van der Waals surface area contributed by atoms with Gasteiger partial charge in [-0.15, -0.1) is 10.2 Å². The van der Waals surface area contributed by atoms with Crippen molar-refractivity contribution < 1.29 is 27.5 Å². The minimum absolute atomic E-state index is 0.0181. The Hall–Kier alpha value is -5.45. The highest BCUT2D eigenvalue weighted by Crippen LogP contribution is 2.42. The van der Waals surface area contributed by atoms with Crippen molar-refractivity contribution in [3.8, 4) is 0 Å². The Balaban J connectivity index is 0.000000166. The molecule has 12 rings (SSSR count). The van der Waals surface area contributed by atoms with Crippen LogP contribution in [0, 0.1) is 5.92 Å². The van der Waals surface area contributed by atoms with Crippen molar-refractivity contribution in [2.45, 2.75) is 182 Å². The van der Waals surface area contributed by atoms with Crippen LogP contribution >= 0.6 is 11.8 Å². The molecule has 1 aliphatic heterocycles. The van der Waals surface area contributed by atoms with Gasteiger partial charge < -0.3 is 25.0 Å². The summed E-state index contributed by atoms with van der Waals surface area (Å²) in [5.41, 5.74) is 16.8. The van der Waals surface area contributed by atoms with E-state index < -0.39 is 26.0 Å². The Morgan fingerprint density at radius 2 is 1.14 bits per heavy atom. The van der Waals surface area contributed by atoms with Crippen LogP contribution in [0.2, 0.25) is 51.4 Å². The van der Waals surface area contributed by atoms with E-state index in [0.717, 1.165) is 116 Å². The maximum Gasteiger partial charge on any atom is 0.273 e. The van der Waals surface area contributed by atoms with Gasteiger partial charge in [0, 0.05) is 76.3 Å². The molecule has 78 heavy (non-hydrogen) atoms. The zero-order valence-electron chi connectivity index (χ0n) is 46.7. The van der Waals surface area contributed by atoms with Crippen LogP contribution in [0.5, 0.6) is 0 Å². The predicted octanol–water partition coefficient (Wildman–Crippen LogP) is 11.6. The Morgan fingerprint density at radius 1 is 0.628 bits per heavy atom. The molecule has 2 aromatic heterocycles. The molecule has 412 valence electrons. The van der Waals surface area contributed by atoms with Gasteiger partial charge in [-0.3, -0.25) is 9.59 Å². The highest BCUT2D eigenvalue weighted by atomic mass is 32.2. The van der Waals surface area contributed by atoms with Crippen LogP contribution in [-0.4, -0.2) is 90.9 Å². The first-order chi connectivity index (χ1) is 37.3. The summed E-state index contributed by atoms with van der Waals surface area (Å²) in [6.45, 7) is 18.3. The first kappa shape index (κ1) is 54.5. The number of fused-ring (bicyclic) bond motifs is 6. The van der Waals surface area contributed by atoms with Crippen LogP contribution in [0.25, 0.3) is 0 Å². The van der Waals surface area contributed by atoms with Crippen LogP contribution < -0.4 is 10.6 Å². The van der Waals surface area contributed by atoms with Crippen LogP contribution in [0.15, 0.2) is 68.6 Å². The fourth-order valence-corrected chi connectivity index (χ4v) is 15.4. The van der Waals surface area contributed by atoms with E-state index in [-0.39, 0.29) is 34.4 Å². The average Bonchev–Trinajstić information content (AvgIpc) is 4.39. The number of hydrogen-bond donors (Lipinski definition) is 2. The molecule has 0 fully saturated rings. The zero-order chi connectivity index (χ0) is 54.7. The number of aromatic nitrogens is 6. The summed E-state index contributed by atoms with van der Waals surface area (Å²) >= 11 is 1.49. The number of ether oxygens (including phenoxy) is 2. The number of hydrogen-bond acceptors (Lipinski definition) is 13. The largest absolute Gasteiger partial charge is 0.359 e. The maximum atomic E-state index is 13.8. The molecular weight excluding hydrogens is 1050 g/mol. The monoisotopic (exact) mass is 1130 g/mol. The number of benzene rings is 4. The van der Waals surface area contributed by atoms with E-state index in [1.54, 1.807) is 17.0 Å². The number of sulfone groups is 1. The topological polar surface area (TPSA) is 175 Å². The standard InChI is InChI=1S/C30H38N4O4SSi.C29H37N5O2SSi/c1-19-15-22-11-12-23(17-26(22)28(19)35)39(36,37)30-32-29(34(33-30)18-38-13-14-40(2,3)4)31-27-24-9-5-7-20(24)16-21-8-6-10-25(21)27;1-33-17-21-11-12-22(16-25(21)27(33)35)37-29-31-28(34(32-29)18-36-13-14-38(2,3)4)30-26-23-9-5-7-19(23)15-20-8-6-10-24(20)26/h11-12,16-17,19H,5-10,13-15,18H2,1-4H3,(H,31,32,33);11-12,15-16H,5-10,13-14,17-18H2,1-4H3,(H,30,31,32). The minimum Gasteiger partial charge on any atom is -0.359 e. The molecule has 0 saturated carbocycles. The number of nitrogens with zero attached hydrogens (tertiary/aromatic N) is 7. The summed E-state index contributed by atoms with van der Waals surface area (Å²) in [5.74, 6) is 1.02. The van der Waals surface area contributed by atoms with E-state index in [9.17, 15) is 18.0 Å². The van der Waals surface area contributed by atoms with Gasteiger partial charge in [0.05, 0.1) is 4.90 Å². The van der Waals surface area contributed by atoms with Gasteiger partial charge in [-0.2, -0.15) is 9.97 Å². The highest BCUT2D eigenvalue weighted by molar-refractivity contribution is 7.99. The van der Waals surface area contributed by atoms with E-state index in [1.165, 1.54) is 85.5 Å². The van der Waals surface area contributed by atoms with E-state index in [1.807, 2.05) is 30.8 Å². The first-order valence-electron chi connectivity index (χ1n) is 28.2. The van der Waals surface area contributed by atoms with E-state index in [4.69, 9.17) is 19.6 Å². The van der Waals surface area contributed by atoms with Gasteiger partial charge >= 0.3 is 0 Å². The molecular formula is C59H75N9O6S2Si2. The summed E-state index contributed by atoms with van der Waals surface area (Å²) < 4.78 is 43.0. The molecule has 4 aromatic carbocycles. The highest BCUT2D eigenvalue weighted by Gasteiger charge is 2.33. The Labute approximate surface area is 466 Å². The fraction of sp³-hybridized carbons (Fsp3) is 0.492. The van der Waals surface area contributed by atoms with Gasteiger partial charge in [0.2, 0.25) is 26.9 Å². The lowest BCUT2D eigenvalue weighted by molar-refractivity contribution is 0.0791. The molecule has 0 radical (unpaired) electrons. The number of ketones is 1. The molecule has 6 aromatic rings. The second-order valence-corrected chi connectivity index (χ2v) is 38.8. The van der Waals surface area contributed by atoms with Crippen molar-refractivity contribution in [2.75, 3.05) is 30.9 Å². The Kier molecular flexibility index (Phi) is 15.3. The van der Waals surface area contributed by atoms with Gasteiger partial charge in [-0.05, 0) is 187 Å². The van der Waals surface area contributed by atoms with Gasteiger partial charge in [0.25, 0.3) is 11.1 Å². The van der Waals surface area contributed by atoms with Crippen molar-refractivity contribution in [1.82, 2.24) is 34.4 Å². The van der Waals surface area contributed by atoms with Crippen molar-refractivity contribution in [2.24, 2.45) is 5.92 Å². The number of carbonyl (C=O) groups excluding carboxylic acids is 2. The lowest BCUT2D eigenvalue weighted by Crippen LogP contribution is -2.22. The van der Waals surface area contributed by atoms with Crippen molar-refractivity contribution in [3.05, 3.63) is 115 Å². The van der Waals surface area contributed by atoms with Crippen LogP contribution in [0.1, 0.15) is 109 Å². The third-order valence-electron chi connectivity index (χ3n) is 16.3. The van der Waals surface area contributed by atoms with Gasteiger partial charge in [-0.1, -0.05) is 70.5 Å². The number of carbonyl (C=O) groups is 2. The number of amides is 1. The lowest BCUT2D eigenvalue weighted by atomic mass is 9.99. The summed E-state index contributed by atoms with van der Waals surface area (Å²) in [7, 11) is -4.68. The van der Waals surface area contributed by atoms with Gasteiger partial charge in [-0.25, -0.2) is 17.8 Å². The van der Waals surface area contributed by atoms with Crippen LogP contribution in [-0.2, 0) is 97.1 Å². The lowest BCUT2D eigenvalue weighted by Gasteiger charge is -2.18. The van der Waals surface area contributed by atoms with Gasteiger partial charge in [0.15, 0.2) is 5.78 Å². The van der Waals surface area contributed by atoms with Crippen LogP contribution in [0.4, 0.5) is 23.3 Å². The fourth-order valence-electron chi connectivity index (χ4n) is 11.9. The number of aryl methyl sites for hydroxylation is 4. The minimum atomic E-state index is -4.06. The zero-order valence-corrected chi connectivity index (χ0v) is 50.4. The average molecular weight is 1130 g/mol. The normalized spacial score (nSPS) is 17.2. The SMILES string of the molecule is CC1Cc2ccc(S(=O)(=O)c3nc(Nc4c5c(cc6c4CCC6)CCC5)n(COCC[Si](C)(C)C)n3)cc2C1=O.CN1Cc2ccc(Sc3nc(Nc4c5c(cc6c4CCC6)CCC5)n(COCC[Si](C)(C)C)n3)cc2C1=O. The van der Waals surface area contributed by atoms with Crippen molar-refractivity contribution >= 4 is 72.7 Å². The van der Waals surface area contributed by atoms with Crippen LogP contribution in [0.3, 0.4) is 0 Å². The third-order valence-corrected chi connectivity index (χ3v) is 22.1. The molecule has 19 heteroatoms. The first-order valence-corrected chi connectivity index (χ1v) is 37.9. The van der Waals surface area contributed by atoms with Gasteiger partial charge in [0.1, 0.15) is 13.5 Å². The second kappa shape index (κ2) is 21.9. The van der Waals surface area contributed by atoms with Crippen molar-refractivity contribution in [3.63, 3.8) is 0 Å². The summed E-state index contributed by atoms with van der Waals surface area (Å²) in [4.78, 5) is 37.4. The number of anilines is 4. The number of nitrogens with one attached hydrogen (secondary N) is 2. The summed E-state index contributed by atoms with van der Waals surface area (Å²) in [5, 5.41) is 16.9. The smallest absolute Gasteiger partial charge is 0.273 e. The van der Waals surface area contributed by atoms with Crippen molar-refractivity contribution in [1.29, 1.82) is 0 Å². The molecule has 1 unspecified atom stereocenters.